The van der Waals surface area contributed by atoms with Crippen molar-refractivity contribution in [2.24, 2.45) is 0 Å². The summed E-state index contributed by atoms with van der Waals surface area (Å²) in [5, 5.41) is 0. The third-order valence-corrected chi connectivity index (χ3v) is 5.49. The van der Waals surface area contributed by atoms with Crippen LogP contribution >= 0.6 is 0 Å². The standard InChI is InChI=1S/C21H28N2O4/c1-5-21(6-2)14-15-12-18(27-11-7-10-25-3)20(26-4)22-19(15)17-13-16(24)8-9-23(17)21/h8-9,12-13H,5-7,10-11,14H2,1-4H3. The van der Waals surface area contributed by atoms with Crippen LogP contribution in [0, 0.1) is 0 Å². The lowest BCUT2D eigenvalue weighted by Crippen LogP contribution is -2.39. The van der Waals surface area contributed by atoms with Gasteiger partial charge >= 0.3 is 0 Å². The molecule has 1 aliphatic rings. The molecule has 0 unspecified atom stereocenters. The van der Waals surface area contributed by atoms with Crippen molar-refractivity contribution in [1.29, 1.82) is 0 Å². The molecule has 0 fully saturated rings. The zero-order valence-corrected chi connectivity index (χ0v) is 16.6. The van der Waals surface area contributed by atoms with Gasteiger partial charge in [0.05, 0.1) is 25.1 Å². The van der Waals surface area contributed by atoms with Gasteiger partial charge < -0.3 is 18.8 Å². The first kappa shape index (κ1) is 19.4. The number of rotatable bonds is 8. The first-order chi connectivity index (χ1) is 13.1. The van der Waals surface area contributed by atoms with Crippen LogP contribution in [0.15, 0.2) is 29.2 Å². The Morgan fingerprint density at radius 2 is 1.96 bits per heavy atom. The Bertz CT molecular complexity index is 856. The molecule has 3 heterocycles. The van der Waals surface area contributed by atoms with Gasteiger partial charge in [0.15, 0.2) is 11.2 Å². The third-order valence-electron chi connectivity index (χ3n) is 5.49. The molecule has 2 aromatic rings. The Hall–Kier alpha value is -2.34. The highest BCUT2D eigenvalue weighted by molar-refractivity contribution is 5.65. The van der Waals surface area contributed by atoms with E-state index in [0.717, 1.165) is 42.6 Å². The molecule has 146 valence electrons. The van der Waals surface area contributed by atoms with Crippen LogP contribution in [0.25, 0.3) is 11.4 Å². The van der Waals surface area contributed by atoms with E-state index in [1.165, 1.54) is 0 Å². The van der Waals surface area contributed by atoms with Gasteiger partial charge in [-0.25, -0.2) is 4.98 Å². The smallest absolute Gasteiger partial charge is 0.257 e. The fourth-order valence-corrected chi connectivity index (χ4v) is 3.87. The minimum absolute atomic E-state index is 0.0177. The van der Waals surface area contributed by atoms with Gasteiger partial charge in [-0.2, -0.15) is 0 Å². The van der Waals surface area contributed by atoms with E-state index in [4.69, 9.17) is 19.2 Å². The van der Waals surface area contributed by atoms with E-state index >= 15 is 0 Å². The number of methoxy groups -OCH3 is 2. The second-order valence-corrected chi connectivity index (χ2v) is 6.92. The second kappa shape index (κ2) is 8.13. The number of pyridine rings is 2. The molecule has 0 aromatic carbocycles. The molecule has 27 heavy (non-hydrogen) atoms. The lowest BCUT2D eigenvalue weighted by atomic mass is 9.81. The fraction of sp³-hybridized carbons (Fsp3) is 0.524. The predicted octanol–water partition coefficient (Wildman–Crippen LogP) is 3.41. The largest absolute Gasteiger partial charge is 0.488 e. The van der Waals surface area contributed by atoms with E-state index in [9.17, 15) is 4.79 Å². The Morgan fingerprint density at radius 3 is 2.63 bits per heavy atom. The molecular weight excluding hydrogens is 344 g/mol. The summed E-state index contributed by atoms with van der Waals surface area (Å²) < 4.78 is 18.7. The molecule has 0 saturated carbocycles. The fourth-order valence-electron chi connectivity index (χ4n) is 3.87. The van der Waals surface area contributed by atoms with Gasteiger partial charge in [0.2, 0.25) is 0 Å². The van der Waals surface area contributed by atoms with Crippen LogP contribution in [0.3, 0.4) is 0 Å². The first-order valence-corrected chi connectivity index (χ1v) is 9.51. The van der Waals surface area contributed by atoms with Crippen molar-refractivity contribution in [3.05, 3.63) is 40.2 Å². The highest BCUT2D eigenvalue weighted by atomic mass is 16.5. The quantitative estimate of drug-likeness (QED) is 0.665. The molecule has 0 radical (unpaired) electrons. The van der Waals surface area contributed by atoms with E-state index in [0.29, 0.717) is 24.8 Å². The number of nitrogens with zero attached hydrogens (tertiary/aromatic N) is 2. The van der Waals surface area contributed by atoms with Gasteiger partial charge in [0.1, 0.15) is 0 Å². The number of fused-ring (bicyclic) bond motifs is 3. The number of hydrogen-bond donors (Lipinski definition) is 0. The molecule has 0 spiro atoms. The van der Waals surface area contributed by atoms with Crippen LogP contribution in [-0.4, -0.2) is 37.0 Å². The highest BCUT2D eigenvalue weighted by Gasteiger charge is 2.36. The molecule has 6 heteroatoms. The van der Waals surface area contributed by atoms with Crippen molar-refractivity contribution < 1.29 is 14.2 Å². The van der Waals surface area contributed by atoms with Crippen LogP contribution in [0.5, 0.6) is 11.6 Å². The summed E-state index contributed by atoms with van der Waals surface area (Å²) in [7, 11) is 3.26. The monoisotopic (exact) mass is 372 g/mol. The maximum absolute atomic E-state index is 12.1. The summed E-state index contributed by atoms with van der Waals surface area (Å²) in [5.41, 5.74) is 2.64. The summed E-state index contributed by atoms with van der Waals surface area (Å²) in [6.45, 7) is 5.56. The van der Waals surface area contributed by atoms with Crippen LogP contribution in [0.1, 0.15) is 38.7 Å². The molecule has 0 saturated heterocycles. The Kier molecular flexibility index (Phi) is 5.85. The molecule has 3 rings (SSSR count). The molecule has 0 bridgehead atoms. The molecule has 0 aliphatic carbocycles. The zero-order chi connectivity index (χ0) is 19.4. The van der Waals surface area contributed by atoms with Crippen LogP contribution in [0.2, 0.25) is 0 Å². The summed E-state index contributed by atoms with van der Waals surface area (Å²) in [4.78, 5) is 16.8. The lowest BCUT2D eigenvalue weighted by molar-refractivity contribution is 0.170. The predicted molar refractivity (Wildman–Crippen MR) is 105 cm³/mol. The van der Waals surface area contributed by atoms with Crippen molar-refractivity contribution >= 4 is 0 Å². The normalized spacial score (nSPS) is 14.4. The Labute approximate surface area is 160 Å². The first-order valence-electron chi connectivity index (χ1n) is 9.51. The lowest BCUT2D eigenvalue weighted by Gasteiger charge is -2.41. The number of hydrogen-bond acceptors (Lipinski definition) is 5. The zero-order valence-electron chi connectivity index (χ0n) is 16.6. The summed E-state index contributed by atoms with van der Waals surface area (Å²) in [6.07, 6.45) is 5.47. The molecule has 0 N–H and O–H groups in total. The topological polar surface area (TPSA) is 62.6 Å². The van der Waals surface area contributed by atoms with Gasteiger partial charge in [-0.1, -0.05) is 13.8 Å². The van der Waals surface area contributed by atoms with Gasteiger partial charge in [-0.3, -0.25) is 4.79 Å². The van der Waals surface area contributed by atoms with Crippen molar-refractivity contribution in [3.63, 3.8) is 0 Å². The maximum atomic E-state index is 12.1. The molecule has 0 atom stereocenters. The van der Waals surface area contributed by atoms with Gasteiger partial charge in [0, 0.05) is 44.0 Å². The molecule has 6 nitrogen and oxygen atoms in total. The number of ether oxygens (including phenoxy) is 3. The average Bonchev–Trinajstić information content (AvgIpc) is 2.69. The molecule has 0 amide bonds. The molecule has 1 aliphatic heterocycles. The van der Waals surface area contributed by atoms with E-state index < -0.39 is 0 Å². The third kappa shape index (κ3) is 3.58. The molecular formula is C21H28N2O4. The summed E-state index contributed by atoms with van der Waals surface area (Å²) in [6, 6.07) is 5.32. The number of aromatic nitrogens is 2. The van der Waals surface area contributed by atoms with Crippen LogP contribution < -0.4 is 14.9 Å². The second-order valence-electron chi connectivity index (χ2n) is 6.92. The van der Waals surface area contributed by atoms with Crippen molar-refractivity contribution in [3.8, 4) is 23.0 Å². The van der Waals surface area contributed by atoms with Gasteiger partial charge in [-0.05, 0) is 30.9 Å². The van der Waals surface area contributed by atoms with Crippen molar-refractivity contribution in [2.75, 3.05) is 27.4 Å². The summed E-state index contributed by atoms with van der Waals surface area (Å²) in [5.74, 6) is 1.08. The van der Waals surface area contributed by atoms with Gasteiger partial charge in [-0.15, -0.1) is 0 Å². The average molecular weight is 372 g/mol. The van der Waals surface area contributed by atoms with Crippen LogP contribution in [0.4, 0.5) is 0 Å². The van der Waals surface area contributed by atoms with E-state index in [2.05, 4.69) is 18.4 Å². The van der Waals surface area contributed by atoms with E-state index in [1.807, 2.05) is 12.3 Å². The van der Waals surface area contributed by atoms with E-state index in [-0.39, 0.29) is 11.0 Å². The Balaban J connectivity index is 2.09. The minimum atomic E-state index is -0.0698. The molecule has 2 aromatic heterocycles. The minimum Gasteiger partial charge on any atom is -0.488 e. The maximum Gasteiger partial charge on any atom is 0.257 e. The Morgan fingerprint density at radius 1 is 1.19 bits per heavy atom. The SMILES string of the molecule is CCC1(CC)Cc2cc(OCCCOC)c(OC)nc2-c2cc(=O)ccn21. The van der Waals surface area contributed by atoms with Crippen molar-refractivity contribution in [2.45, 2.75) is 45.1 Å². The highest BCUT2D eigenvalue weighted by Crippen LogP contribution is 2.43. The van der Waals surface area contributed by atoms with Crippen molar-refractivity contribution in [1.82, 2.24) is 9.55 Å². The van der Waals surface area contributed by atoms with E-state index in [1.54, 1.807) is 26.4 Å². The van der Waals surface area contributed by atoms with Gasteiger partial charge in [0.25, 0.3) is 5.88 Å². The summed E-state index contributed by atoms with van der Waals surface area (Å²) >= 11 is 0. The van der Waals surface area contributed by atoms with Crippen LogP contribution in [-0.2, 0) is 16.7 Å².